The van der Waals surface area contributed by atoms with Crippen LogP contribution < -0.4 is 4.72 Å². The summed E-state index contributed by atoms with van der Waals surface area (Å²) < 4.78 is 34.8. The molecule has 0 aliphatic carbocycles. The Morgan fingerprint density at radius 3 is 2.38 bits per heavy atom. The number of carbonyl (C=O) groups is 1. The number of halogens is 1. The predicted molar refractivity (Wildman–Crippen MR) is 48.0 cm³/mol. The fourth-order valence-electron chi connectivity index (χ4n) is 0.539. The van der Waals surface area contributed by atoms with Gasteiger partial charge in [0.1, 0.15) is 6.04 Å². The molecule has 13 heavy (non-hydrogen) atoms. The summed E-state index contributed by atoms with van der Waals surface area (Å²) in [4.78, 5) is 10.8. The lowest BCUT2D eigenvalue weighted by Crippen LogP contribution is -2.39. The van der Waals surface area contributed by atoms with Gasteiger partial charge in [-0.15, -0.1) is 12.4 Å². The van der Waals surface area contributed by atoms with Crippen molar-refractivity contribution < 1.29 is 22.5 Å². The Bertz CT molecular complexity index is 252. The van der Waals surface area contributed by atoms with E-state index in [9.17, 15) is 13.2 Å². The molecule has 0 bridgehead atoms. The van der Waals surface area contributed by atoms with Crippen LogP contribution in [0.2, 0.25) is 0 Å². The van der Waals surface area contributed by atoms with E-state index in [0.29, 0.717) is 0 Å². The summed E-state index contributed by atoms with van der Waals surface area (Å²) in [5.41, 5.74) is 0. The van der Waals surface area contributed by atoms with Crippen molar-refractivity contribution in [1.82, 2.24) is 4.72 Å². The molecule has 0 aliphatic rings. The highest BCUT2D eigenvalue weighted by molar-refractivity contribution is 7.83. The Balaban J connectivity index is 0. The van der Waals surface area contributed by atoms with Gasteiger partial charge in [-0.05, 0) is 13.8 Å². The minimum atomic E-state index is -4.34. The Morgan fingerprint density at radius 1 is 1.62 bits per heavy atom. The fourth-order valence-corrected chi connectivity index (χ4v) is 1.08. The summed E-state index contributed by atoms with van der Waals surface area (Å²) in [6.45, 7) is 3.03. The summed E-state index contributed by atoms with van der Waals surface area (Å²) >= 11 is 0. The molecule has 0 saturated heterocycles. The van der Waals surface area contributed by atoms with Crippen LogP contribution in [-0.2, 0) is 19.8 Å². The van der Waals surface area contributed by atoms with Gasteiger partial charge in [-0.3, -0.25) is 9.35 Å². The summed E-state index contributed by atoms with van der Waals surface area (Å²) in [6.07, 6.45) is 0. The van der Waals surface area contributed by atoms with E-state index in [1.54, 1.807) is 11.6 Å². The van der Waals surface area contributed by atoms with Crippen LogP contribution in [0.4, 0.5) is 0 Å². The van der Waals surface area contributed by atoms with E-state index in [1.165, 1.54) is 6.92 Å². The van der Waals surface area contributed by atoms with Crippen LogP contribution in [0, 0.1) is 0 Å². The summed E-state index contributed by atoms with van der Waals surface area (Å²) in [5, 5.41) is 0. The molecule has 0 rings (SSSR count). The third-order valence-corrected chi connectivity index (χ3v) is 1.62. The zero-order valence-corrected chi connectivity index (χ0v) is 8.81. The Kier molecular flexibility index (Phi) is 7.14. The molecule has 6 nitrogen and oxygen atoms in total. The van der Waals surface area contributed by atoms with Crippen molar-refractivity contribution >= 4 is 28.7 Å². The van der Waals surface area contributed by atoms with E-state index >= 15 is 0 Å². The quantitative estimate of drug-likeness (QED) is 0.516. The lowest BCUT2D eigenvalue weighted by Gasteiger charge is -2.09. The third-order valence-electron chi connectivity index (χ3n) is 0.966. The van der Waals surface area contributed by atoms with Crippen molar-refractivity contribution in [2.75, 3.05) is 6.61 Å². The molecule has 80 valence electrons. The van der Waals surface area contributed by atoms with Gasteiger partial charge in [-0.25, -0.2) is 0 Å². The molecule has 0 unspecified atom stereocenters. The van der Waals surface area contributed by atoms with Crippen molar-refractivity contribution in [3.63, 3.8) is 0 Å². The van der Waals surface area contributed by atoms with Gasteiger partial charge in [-0.2, -0.15) is 13.1 Å². The summed E-state index contributed by atoms with van der Waals surface area (Å²) in [5.74, 6) is -0.727. The van der Waals surface area contributed by atoms with Crippen molar-refractivity contribution in [3.05, 3.63) is 0 Å². The fraction of sp³-hybridized carbons (Fsp3) is 0.800. The second kappa shape index (κ2) is 6.14. The highest BCUT2D eigenvalue weighted by atomic mass is 35.5. The molecule has 0 fully saturated rings. The first-order valence-electron chi connectivity index (χ1n) is 3.28. The van der Waals surface area contributed by atoms with Gasteiger partial charge in [0.05, 0.1) is 6.61 Å². The van der Waals surface area contributed by atoms with Gasteiger partial charge in [0, 0.05) is 0 Å². The van der Waals surface area contributed by atoms with E-state index in [-0.39, 0.29) is 19.0 Å². The lowest BCUT2D eigenvalue weighted by molar-refractivity contribution is -0.144. The van der Waals surface area contributed by atoms with Gasteiger partial charge in [-0.1, -0.05) is 0 Å². The normalized spacial score (nSPS) is 12.8. The van der Waals surface area contributed by atoms with Gasteiger partial charge in [0.2, 0.25) is 0 Å². The third kappa shape index (κ3) is 7.97. The van der Waals surface area contributed by atoms with E-state index in [0.717, 1.165) is 0 Å². The maximum Gasteiger partial charge on any atom is 0.334 e. The first-order chi connectivity index (χ1) is 5.37. The molecule has 0 aromatic carbocycles. The molecular formula is C5H12ClNO5S. The molecule has 0 aromatic rings. The Hall–Kier alpha value is -0.370. The van der Waals surface area contributed by atoms with E-state index in [4.69, 9.17) is 4.55 Å². The van der Waals surface area contributed by atoms with Crippen LogP contribution in [0.15, 0.2) is 0 Å². The number of rotatable bonds is 4. The molecular weight excluding hydrogens is 222 g/mol. The van der Waals surface area contributed by atoms with Crippen LogP contribution >= 0.6 is 12.4 Å². The zero-order chi connectivity index (χ0) is 9.78. The number of nitrogens with one attached hydrogen (secondary N) is 1. The monoisotopic (exact) mass is 233 g/mol. The van der Waals surface area contributed by atoms with Crippen molar-refractivity contribution in [2.24, 2.45) is 0 Å². The highest BCUT2D eigenvalue weighted by Crippen LogP contribution is 1.89. The molecule has 0 heterocycles. The van der Waals surface area contributed by atoms with E-state index in [1.807, 2.05) is 0 Å². The smallest absolute Gasteiger partial charge is 0.334 e. The Morgan fingerprint density at radius 2 is 2.08 bits per heavy atom. The molecule has 0 amide bonds. The molecule has 0 saturated carbocycles. The number of hydrogen-bond acceptors (Lipinski definition) is 4. The maximum atomic E-state index is 10.8. The first-order valence-corrected chi connectivity index (χ1v) is 4.72. The van der Waals surface area contributed by atoms with Gasteiger partial charge in [0.25, 0.3) is 0 Å². The average molecular weight is 234 g/mol. The number of carbonyl (C=O) groups excluding carboxylic acids is 1. The van der Waals surface area contributed by atoms with Crippen molar-refractivity contribution in [3.8, 4) is 0 Å². The van der Waals surface area contributed by atoms with Crippen LogP contribution in [0.25, 0.3) is 0 Å². The number of ether oxygens (including phenoxy) is 1. The molecule has 0 aliphatic heterocycles. The minimum absolute atomic E-state index is 0. The molecule has 0 aromatic heterocycles. The van der Waals surface area contributed by atoms with Crippen molar-refractivity contribution in [1.29, 1.82) is 0 Å². The predicted octanol–water partition coefficient (Wildman–Crippen LogP) is -0.248. The van der Waals surface area contributed by atoms with Gasteiger partial charge >= 0.3 is 16.3 Å². The van der Waals surface area contributed by atoms with Crippen LogP contribution in [-0.4, -0.2) is 31.6 Å². The number of hydrogen-bond donors (Lipinski definition) is 2. The second-order valence-corrected chi connectivity index (χ2v) is 3.25. The Labute approximate surface area is 82.9 Å². The molecule has 0 radical (unpaired) electrons. The van der Waals surface area contributed by atoms with Crippen LogP contribution in [0.1, 0.15) is 13.8 Å². The molecule has 1 atom stereocenters. The average Bonchev–Trinajstić information content (AvgIpc) is 1.84. The highest BCUT2D eigenvalue weighted by Gasteiger charge is 2.18. The first kappa shape index (κ1) is 15.1. The number of esters is 1. The SMILES string of the molecule is CCOC(=O)[C@H](C)NS(=O)(=O)O.Cl. The molecule has 8 heteroatoms. The van der Waals surface area contributed by atoms with Gasteiger partial charge in [0.15, 0.2) is 0 Å². The maximum absolute atomic E-state index is 10.8. The van der Waals surface area contributed by atoms with Crippen LogP contribution in [0.3, 0.4) is 0 Å². The zero-order valence-electron chi connectivity index (χ0n) is 7.18. The largest absolute Gasteiger partial charge is 0.465 e. The van der Waals surface area contributed by atoms with E-state index < -0.39 is 22.3 Å². The topological polar surface area (TPSA) is 92.7 Å². The van der Waals surface area contributed by atoms with Gasteiger partial charge < -0.3 is 4.74 Å². The summed E-state index contributed by atoms with van der Waals surface area (Å²) in [6, 6.07) is -1.07. The van der Waals surface area contributed by atoms with Crippen LogP contribution in [0.5, 0.6) is 0 Å². The van der Waals surface area contributed by atoms with E-state index in [2.05, 4.69) is 4.74 Å². The minimum Gasteiger partial charge on any atom is -0.465 e. The second-order valence-electron chi connectivity index (χ2n) is 2.07. The van der Waals surface area contributed by atoms with Crippen molar-refractivity contribution in [2.45, 2.75) is 19.9 Å². The molecule has 0 spiro atoms. The summed E-state index contributed by atoms with van der Waals surface area (Å²) in [7, 11) is -4.34. The lowest BCUT2D eigenvalue weighted by atomic mass is 10.4. The standard InChI is InChI=1S/C5H11NO5S.ClH/c1-3-11-5(7)4(2)6-12(8,9)10;/h4,6H,3H2,1-2H3,(H,8,9,10);1H/t4-;/m0./s1. The molecule has 2 N–H and O–H groups in total.